The molecule has 2 unspecified atom stereocenters. The minimum absolute atomic E-state index is 0.0628. The summed E-state index contributed by atoms with van der Waals surface area (Å²) in [5.74, 6) is -2.86. The van der Waals surface area contributed by atoms with Gasteiger partial charge in [-0.15, -0.1) is 0 Å². The molecule has 1 N–H and O–H groups in total. The van der Waals surface area contributed by atoms with Crippen molar-refractivity contribution in [2.75, 3.05) is 10.2 Å². The van der Waals surface area contributed by atoms with Crippen molar-refractivity contribution in [2.24, 2.45) is 5.92 Å². The highest BCUT2D eigenvalue weighted by molar-refractivity contribution is 8.00. The summed E-state index contributed by atoms with van der Waals surface area (Å²) in [5, 5.41) is 1.98. The molecule has 2 aliphatic heterocycles. The van der Waals surface area contributed by atoms with Gasteiger partial charge in [0, 0.05) is 16.5 Å². The number of hydrogen-bond donors (Lipinski definition) is 1. The number of nitrogens with one attached hydrogen (secondary N) is 1. The largest absolute Gasteiger partial charge is 0.416 e. The van der Waals surface area contributed by atoms with Crippen molar-refractivity contribution in [2.45, 2.75) is 35.8 Å². The summed E-state index contributed by atoms with van der Waals surface area (Å²) in [5.41, 5.74) is 1.20. The van der Waals surface area contributed by atoms with Crippen molar-refractivity contribution in [3.8, 4) is 0 Å². The van der Waals surface area contributed by atoms with Crippen LogP contribution >= 0.6 is 23.1 Å². The van der Waals surface area contributed by atoms with Gasteiger partial charge in [0.05, 0.1) is 22.2 Å². The Hall–Kier alpha value is -4.16. The second-order valence-electron chi connectivity index (χ2n) is 10.1. The number of alkyl halides is 3. The molecule has 3 aromatic carbocycles. The second kappa shape index (κ2) is 10.6. The molecular formula is C30H22F3N3O4S2. The summed E-state index contributed by atoms with van der Waals surface area (Å²) >= 11 is 1.97. The third kappa shape index (κ3) is 4.94. The Bertz CT molecular complexity index is 1770. The van der Waals surface area contributed by atoms with Crippen LogP contribution in [-0.2, 0) is 27.1 Å². The van der Waals surface area contributed by atoms with Crippen molar-refractivity contribution < 1.29 is 27.6 Å². The lowest BCUT2D eigenvalue weighted by atomic mass is 9.83. The van der Waals surface area contributed by atoms with Crippen molar-refractivity contribution in [1.29, 1.82) is 0 Å². The van der Waals surface area contributed by atoms with Gasteiger partial charge in [-0.05, 0) is 42.8 Å². The fourth-order valence-corrected chi connectivity index (χ4v) is 8.11. The molecule has 1 fully saturated rings. The third-order valence-corrected chi connectivity index (χ3v) is 9.88. The Morgan fingerprint density at radius 3 is 2.33 bits per heavy atom. The number of carbonyl (C=O) groups is 3. The molecule has 6 rings (SSSR count). The van der Waals surface area contributed by atoms with Crippen LogP contribution in [0.15, 0.2) is 88.7 Å². The minimum Gasteiger partial charge on any atom is -0.325 e. The van der Waals surface area contributed by atoms with Gasteiger partial charge < -0.3 is 5.32 Å². The van der Waals surface area contributed by atoms with Crippen LogP contribution in [0.3, 0.4) is 0 Å². The number of thiazole rings is 1. The number of benzene rings is 3. The number of rotatable bonds is 5. The maximum atomic E-state index is 13.9. The molecule has 12 heteroatoms. The lowest BCUT2D eigenvalue weighted by Crippen LogP contribution is -2.33. The molecule has 42 heavy (non-hydrogen) atoms. The summed E-state index contributed by atoms with van der Waals surface area (Å²) in [7, 11) is 0. The van der Waals surface area contributed by atoms with Gasteiger partial charge in [0.2, 0.25) is 17.7 Å². The van der Waals surface area contributed by atoms with Crippen molar-refractivity contribution in [3.05, 3.63) is 110 Å². The number of hydrogen-bond acceptors (Lipinski definition) is 6. The molecular weight excluding hydrogens is 587 g/mol. The Labute approximate surface area is 246 Å². The molecule has 7 nitrogen and oxygen atoms in total. The van der Waals surface area contributed by atoms with Crippen LogP contribution in [0, 0.1) is 12.8 Å². The molecule has 0 bridgehead atoms. The SMILES string of the molecule is Cc1ccc(N2C(=O)C3Sc4c(sc(=O)n4CC(=O)Nc4cccc(C(F)(F)F)c4)[C@@H](c4ccccc4)C3C2=O)cc1. The fourth-order valence-electron chi connectivity index (χ4n) is 5.34. The number of nitrogens with zero attached hydrogens (tertiary/aromatic N) is 2. The van der Waals surface area contributed by atoms with E-state index in [0.29, 0.717) is 15.6 Å². The summed E-state index contributed by atoms with van der Waals surface area (Å²) in [6.45, 7) is 1.43. The van der Waals surface area contributed by atoms with E-state index >= 15 is 0 Å². The van der Waals surface area contributed by atoms with Crippen molar-refractivity contribution >= 4 is 52.2 Å². The summed E-state index contributed by atoms with van der Waals surface area (Å²) in [6.07, 6.45) is -4.58. The van der Waals surface area contributed by atoms with Gasteiger partial charge in [-0.3, -0.25) is 23.7 Å². The quantitative estimate of drug-likeness (QED) is 0.295. The average Bonchev–Trinajstić information content (AvgIpc) is 3.40. The number of halogens is 3. The Balaban J connectivity index is 1.36. The first-order chi connectivity index (χ1) is 20.0. The molecule has 2 aliphatic rings. The predicted octanol–water partition coefficient (Wildman–Crippen LogP) is 5.67. The van der Waals surface area contributed by atoms with E-state index in [-0.39, 0.29) is 11.6 Å². The van der Waals surface area contributed by atoms with Gasteiger partial charge in [-0.1, -0.05) is 77.2 Å². The van der Waals surface area contributed by atoms with E-state index in [4.69, 9.17) is 0 Å². The number of amides is 3. The Morgan fingerprint density at radius 2 is 1.64 bits per heavy atom. The minimum atomic E-state index is -4.58. The maximum Gasteiger partial charge on any atom is 0.416 e. The molecule has 0 spiro atoms. The predicted molar refractivity (Wildman–Crippen MR) is 154 cm³/mol. The van der Waals surface area contributed by atoms with Crippen LogP contribution < -0.4 is 15.1 Å². The zero-order valence-electron chi connectivity index (χ0n) is 21.9. The molecule has 0 radical (unpaired) electrons. The lowest BCUT2D eigenvalue weighted by Gasteiger charge is -2.30. The second-order valence-corrected chi connectivity index (χ2v) is 12.2. The van der Waals surface area contributed by atoms with Crippen LogP contribution in [0.2, 0.25) is 0 Å². The van der Waals surface area contributed by atoms with Crippen molar-refractivity contribution in [1.82, 2.24) is 4.57 Å². The first-order valence-corrected chi connectivity index (χ1v) is 14.6. The van der Waals surface area contributed by atoms with Crippen LogP contribution in [-0.4, -0.2) is 27.5 Å². The highest BCUT2D eigenvalue weighted by atomic mass is 32.2. The van der Waals surface area contributed by atoms with E-state index in [1.54, 1.807) is 12.1 Å². The standard InChI is InChI=1S/C30H22F3N3O4S2/c1-16-10-12-20(13-11-16)36-26(38)23-22(17-6-3-2-4-7-17)25-28(41-24(23)27(36)39)35(29(40)42-25)15-21(37)34-19-9-5-8-18(14-19)30(31,32)33/h2-14,22-24H,15H2,1H3,(H,34,37)/t22-,23?,24?/m0/s1. The monoisotopic (exact) mass is 609 g/mol. The van der Waals surface area contributed by atoms with Gasteiger partial charge in [0.15, 0.2) is 0 Å². The molecule has 1 saturated heterocycles. The Morgan fingerprint density at radius 1 is 0.929 bits per heavy atom. The number of carbonyl (C=O) groups excluding carboxylic acids is 3. The Kier molecular flexibility index (Phi) is 7.06. The van der Waals surface area contributed by atoms with E-state index in [2.05, 4.69) is 5.32 Å². The maximum absolute atomic E-state index is 13.9. The zero-order chi connectivity index (χ0) is 29.8. The third-order valence-electron chi connectivity index (χ3n) is 7.28. The number of aromatic nitrogens is 1. The van der Waals surface area contributed by atoms with Crippen LogP contribution in [0.25, 0.3) is 0 Å². The molecule has 3 atom stereocenters. The molecule has 0 saturated carbocycles. The number of anilines is 2. The first kappa shape index (κ1) is 28.0. The number of thioether (sulfide) groups is 1. The number of fused-ring (bicyclic) bond motifs is 2. The van der Waals surface area contributed by atoms with Gasteiger partial charge in [-0.2, -0.15) is 13.2 Å². The fraction of sp³-hybridized carbons (Fsp3) is 0.200. The molecule has 4 aromatic rings. The summed E-state index contributed by atoms with van der Waals surface area (Å²) in [6, 6.07) is 20.4. The van der Waals surface area contributed by atoms with Gasteiger partial charge in [-0.25, -0.2) is 4.90 Å². The lowest BCUT2D eigenvalue weighted by molar-refractivity contribution is -0.137. The van der Waals surface area contributed by atoms with Crippen LogP contribution in [0.1, 0.15) is 27.5 Å². The molecule has 214 valence electrons. The zero-order valence-corrected chi connectivity index (χ0v) is 23.6. The normalized spacial score (nSPS) is 19.9. The number of aryl methyl sites for hydroxylation is 1. The van der Waals surface area contributed by atoms with E-state index in [9.17, 15) is 32.3 Å². The molecule has 3 amide bonds. The van der Waals surface area contributed by atoms with Gasteiger partial charge in [0.25, 0.3) is 0 Å². The van der Waals surface area contributed by atoms with E-state index in [1.807, 2.05) is 49.4 Å². The summed E-state index contributed by atoms with van der Waals surface area (Å²) in [4.78, 5) is 55.1. The topological polar surface area (TPSA) is 88.5 Å². The van der Waals surface area contributed by atoms with Crippen molar-refractivity contribution in [3.63, 3.8) is 0 Å². The highest BCUT2D eigenvalue weighted by Gasteiger charge is 2.56. The summed E-state index contributed by atoms with van der Waals surface area (Å²) < 4.78 is 40.6. The molecule has 3 heterocycles. The van der Waals surface area contributed by atoms with E-state index < -0.39 is 52.1 Å². The van der Waals surface area contributed by atoms with Crippen LogP contribution in [0.5, 0.6) is 0 Å². The van der Waals surface area contributed by atoms with E-state index in [0.717, 1.165) is 46.4 Å². The average molecular weight is 610 g/mol. The first-order valence-electron chi connectivity index (χ1n) is 12.9. The molecule has 1 aromatic heterocycles. The van der Waals surface area contributed by atoms with Gasteiger partial charge >= 0.3 is 11.0 Å². The van der Waals surface area contributed by atoms with E-state index in [1.165, 1.54) is 21.6 Å². The number of imide groups is 1. The molecule has 0 aliphatic carbocycles. The van der Waals surface area contributed by atoms with Crippen LogP contribution in [0.4, 0.5) is 24.5 Å². The smallest absolute Gasteiger partial charge is 0.325 e. The van der Waals surface area contributed by atoms with Gasteiger partial charge in [0.1, 0.15) is 11.8 Å². The highest BCUT2D eigenvalue weighted by Crippen LogP contribution is 2.53.